The van der Waals surface area contributed by atoms with Crippen LogP contribution in [0.4, 0.5) is 0 Å². The van der Waals surface area contributed by atoms with Crippen molar-refractivity contribution in [1.29, 1.82) is 0 Å². The smallest absolute Gasteiger partial charge is 1.00 e. The Kier molecular flexibility index (Phi) is 22.1. The summed E-state index contributed by atoms with van der Waals surface area (Å²) >= 11 is 1.78. The molecule has 12 heavy (non-hydrogen) atoms. The van der Waals surface area contributed by atoms with Gasteiger partial charge in [-0.05, 0) is 18.6 Å². The minimum atomic E-state index is -2.32. The van der Waals surface area contributed by atoms with Crippen LogP contribution in [0.25, 0.3) is 0 Å². The maximum absolute atomic E-state index is 9.54. The van der Waals surface area contributed by atoms with Crippen LogP contribution < -0.4 is 41.0 Å². The summed E-state index contributed by atoms with van der Waals surface area (Å²) in [4.78, 5) is 0. The Morgan fingerprint density at radius 1 is 1.75 bits per heavy atom. The first-order valence-corrected chi connectivity index (χ1v) is 4.19. The molecular weight excluding hydrogens is 211 g/mol. The number of rotatable bonds is 3. The van der Waals surface area contributed by atoms with Crippen LogP contribution in [-0.2, 0) is 15.5 Å². The Balaban J connectivity index is -0.0000000600. The maximum atomic E-state index is 9.54. The molecule has 0 radical (unpaired) electrons. The van der Waals surface area contributed by atoms with Crippen molar-refractivity contribution in [2.45, 2.75) is 13.3 Å². The number of hydrogen-bond donors (Lipinski definition) is 2. The normalized spacial score (nSPS) is 10.2. The molecule has 0 aliphatic rings. The van der Waals surface area contributed by atoms with Crippen LogP contribution in [0.1, 0.15) is 14.8 Å². The van der Waals surface area contributed by atoms with Crippen molar-refractivity contribution in [3.05, 3.63) is 0 Å². The molecule has 5 nitrogen and oxygen atoms in total. The fraction of sp³-hybridized carbons (Fsp3) is 0.750. The van der Waals surface area contributed by atoms with Crippen molar-refractivity contribution in [3.63, 3.8) is 0 Å². The van der Waals surface area contributed by atoms with E-state index in [0.717, 1.165) is 6.42 Å². The van der Waals surface area contributed by atoms with Gasteiger partial charge >= 0.3 is 29.6 Å². The third kappa shape index (κ3) is 45.2. The summed E-state index contributed by atoms with van der Waals surface area (Å²) in [5, 5.41) is 0.000000000000000222. The maximum Gasteiger partial charge on any atom is 1.00 e. The predicted molar refractivity (Wildman–Crippen MR) is 47.2 cm³/mol. The largest absolute Gasteiger partial charge is 1.00 e. The van der Waals surface area contributed by atoms with Crippen LogP contribution in [0.5, 0.6) is 0 Å². The van der Waals surface area contributed by atoms with Crippen LogP contribution in [0.15, 0.2) is 0 Å². The van der Waals surface area contributed by atoms with Crippen molar-refractivity contribution in [2.75, 3.05) is 6.61 Å². The van der Waals surface area contributed by atoms with Gasteiger partial charge in [0.1, 0.15) is 0 Å². The first kappa shape index (κ1) is 18.5. The molecule has 0 fully saturated rings. The second-order valence-corrected chi connectivity index (χ2v) is 2.54. The van der Waals surface area contributed by atoms with E-state index >= 15 is 0 Å². The van der Waals surface area contributed by atoms with Gasteiger partial charge in [0.15, 0.2) is 5.11 Å². The van der Waals surface area contributed by atoms with Crippen LogP contribution in [-0.4, -0.2) is 20.5 Å². The average molecular weight is 223 g/mol. The summed E-state index contributed by atoms with van der Waals surface area (Å²) in [6.07, 6.45) is 0.730. The van der Waals surface area contributed by atoms with Crippen molar-refractivity contribution in [1.82, 2.24) is 0 Å². The summed E-state index contributed by atoms with van der Waals surface area (Å²) in [6, 6.07) is 0. The molecule has 0 saturated heterocycles. The van der Waals surface area contributed by atoms with Gasteiger partial charge in [-0.2, -0.15) is 0 Å². The van der Waals surface area contributed by atoms with Crippen molar-refractivity contribution < 1.29 is 43.9 Å². The van der Waals surface area contributed by atoms with E-state index < -0.39 is 11.4 Å². The molecule has 8 heteroatoms. The first-order chi connectivity index (χ1) is 5.00. The van der Waals surface area contributed by atoms with Crippen LogP contribution >= 0.6 is 12.2 Å². The van der Waals surface area contributed by atoms with Gasteiger partial charge < -0.3 is 21.6 Å². The standard InChI is InChI=1S/C3H8O3S.CH4N2S.Na.H/c1-2-3-6-7(4)5;2-1(3)4;;/h2-3H2,1H3,(H,4,5);(H4,2,3,4);;/q;;+1;-1/p-1. The molecule has 0 aliphatic heterocycles. The second-order valence-electron chi connectivity index (χ2n) is 1.43. The van der Waals surface area contributed by atoms with Gasteiger partial charge in [0.2, 0.25) is 0 Å². The van der Waals surface area contributed by atoms with Gasteiger partial charge in [-0.25, -0.2) is 4.21 Å². The summed E-state index contributed by atoms with van der Waals surface area (Å²) in [7, 11) is 0. The average Bonchev–Trinajstić information content (AvgIpc) is 1.82. The van der Waals surface area contributed by atoms with Gasteiger partial charge in [-0.15, -0.1) is 0 Å². The van der Waals surface area contributed by atoms with Crippen LogP contribution in [0.3, 0.4) is 0 Å². The molecule has 0 saturated carbocycles. The van der Waals surface area contributed by atoms with Gasteiger partial charge in [-0.1, -0.05) is 6.92 Å². The minimum absolute atomic E-state index is 0. The van der Waals surface area contributed by atoms with Crippen molar-refractivity contribution in [2.24, 2.45) is 11.5 Å². The zero-order valence-corrected chi connectivity index (χ0v) is 10.7. The number of hydrogen-bond acceptors (Lipinski definition) is 4. The minimum Gasteiger partial charge on any atom is -1.00 e. The molecule has 70 valence electrons. The Hall–Kier alpha value is 0.760. The predicted octanol–water partition coefficient (Wildman–Crippen LogP) is -3.49. The molecule has 0 aliphatic carbocycles. The molecule has 1 atom stereocenters. The molecule has 0 spiro atoms. The van der Waals surface area contributed by atoms with Gasteiger partial charge in [0.05, 0.1) is 18.0 Å². The fourth-order valence-electron chi connectivity index (χ4n) is 0.151. The number of thiocarbonyl (C=S) groups is 1. The monoisotopic (exact) mass is 223 g/mol. The summed E-state index contributed by atoms with van der Waals surface area (Å²) < 4.78 is 23.2. The second kappa shape index (κ2) is 14.3. The Labute approximate surface area is 103 Å². The molecule has 0 rings (SSSR count). The molecule has 0 amide bonds. The van der Waals surface area contributed by atoms with E-state index in [1.807, 2.05) is 6.92 Å². The Morgan fingerprint density at radius 2 is 2.08 bits per heavy atom. The number of nitrogens with two attached hydrogens (primary N) is 2. The van der Waals surface area contributed by atoms with E-state index in [9.17, 15) is 8.76 Å². The quantitative estimate of drug-likeness (QED) is 0.292. The summed E-state index contributed by atoms with van der Waals surface area (Å²) in [5.41, 5.74) is 9.24. The summed E-state index contributed by atoms with van der Waals surface area (Å²) in [5.74, 6) is 0. The zero-order chi connectivity index (χ0) is 9.28. The molecule has 4 N–H and O–H groups in total. The first-order valence-electron chi connectivity index (χ1n) is 2.78. The molecule has 0 bridgehead atoms. The van der Waals surface area contributed by atoms with Crippen molar-refractivity contribution in [3.8, 4) is 0 Å². The van der Waals surface area contributed by atoms with Gasteiger partial charge in [-0.3, -0.25) is 0 Å². The van der Waals surface area contributed by atoms with Crippen molar-refractivity contribution >= 4 is 28.7 Å². The molecule has 0 heterocycles. The zero-order valence-electron chi connectivity index (χ0n) is 8.11. The van der Waals surface area contributed by atoms with E-state index in [1.165, 1.54) is 0 Å². The van der Waals surface area contributed by atoms with Crippen LogP contribution in [0, 0.1) is 0 Å². The summed E-state index contributed by atoms with van der Waals surface area (Å²) in [6.45, 7) is 2.13. The van der Waals surface area contributed by atoms with Gasteiger partial charge in [0.25, 0.3) is 0 Å². The van der Waals surface area contributed by atoms with E-state index in [4.69, 9.17) is 0 Å². The van der Waals surface area contributed by atoms with E-state index in [2.05, 4.69) is 27.9 Å². The fourth-order valence-corrected chi connectivity index (χ4v) is 0.454. The molecule has 1 unspecified atom stereocenters. The van der Waals surface area contributed by atoms with Crippen LogP contribution in [0.2, 0.25) is 0 Å². The van der Waals surface area contributed by atoms with Gasteiger partial charge in [0, 0.05) is 0 Å². The van der Waals surface area contributed by atoms with E-state index in [1.54, 1.807) is 0 Å². The third-order valence-electron chi connectivity index (χ3n) is 0.384. The molecule has 0 aromatic rings. The molecular formula is C4H12N2NaO3S2-. The SMILES string of the molecule is CCCOS(=O)[O-].NC(N)=S.[H-].[Na+]. The Morgan fingerprint density at radius 3 is 2.17 bits per heavy atom. The van der Waals surface area contributed by atoms with E-state index in [0.29, 0.717) is 0 Å². The molecule has 0 aromatic heterocycles. The topological polar surface area (TPSA) is 101 Å². The Bertz CT molecular complexity index is 137. The van der Waals surface area contributed by atoms with E-state index in [-0.39, 0.29) is 42.7 Å². The third-order valence-corrected chi connectivity index (χ3v) is 0.743. The molecule has 0 aromatic carbocycles.